The second-order valence-electron chi connectivity index (χ2n) is 4.19. The molecule has 1 saturated carbocycles. The van der Waals surface area contributed by atoms with Gasteiger partial charge in [0.1, 0.15) is 0 Å². The summed E-state index contributed by atoms with van der Waals surface area (Å²) in [5.74, 6) is 5.84. The Bertz CT molecular complexity index is 270. The molecular weight excluding hydrogens is 224 g/mol. The maximum Gasteiger partial charge on any atom is 0.230 e. The molecule has 2 unspecified atom stereocenters. The van der Waals surface area contributed by atoms with Crippen molar-refractivity contribution in [3.63, 3.8) is 0 Å². The molecule has 1 aliphatic rings. The average molecular weight is 244 g/mol. The number of carbonyl (C=O) groups is 1. The molecule has 2 atom stereocenters. The lowest BCUT2D eigenvalue weighted by Crippen LogP contribution is -2.42. The first-order valence-electron chi connectivity index (χ1n) is 5.59. The largest absolute Gasteiger partial charge is 0.377 e. The van der Waals surface area contributed by atoms with Gasteiger partial charge in [0.25, 0.3) is 0 Å². The van der Waals surface area contributed by atoms with E-state index in [1.54, 1.807) is 0 Å². The summed E-state index contributed by atoms with van der Waals surface area (Å²) < 4.78 is 0. The number of hydrogen-bond acceptors (Lipinski definition) is 4. The fraction of sp³-hybridized carbons (Fsp3) is 0.800. The Hall–Kier alpha value is -0.910. The molecule has 1 aliphatic carbocycles. The summed E-state index contributed by atoms with van der Waals surface area (Å²) >= 11 is 1.17. The molecule has 0 bridgehead atoms. The highest BCUT2D eigenvalue weighted by molar-refractivity contribution is 8.14. The normalized spacial score (nSPS) is 26.4. The zero-order valence-corrected chi connectivity index (χ0v) is 10.4. The lowest BCUT2D eigenvalue weighted by atomic mass is 9.86. The van der Waals surface area contributed by atoms with Crippen LogP contribution >= 0.6 is 11.8 Å². The number of amides is 1. The fourth-order valence-electron chi connectivity index (χ4n) is 1.96. The van der Waals surface area contributed by atoms with E-state index in [0.29, 0.717) is 12.0 Å². The van der Waals surface area contributed by atoms with Crippen LogP contribution in [-0.4, -0.2) is 22.9 Å². The Kier molecular flexibility index (Phi) is 5.45. The van der Waals surface area contributed by atoms with E-state index >= 15 is 0 Å². The molecule has 16 heavy (non-hydrogen) atoms. The number of hydrazone groups is 1. The molecule has 92 valence electrons. The quantitative estimate of drug-likeness (QED) is 0.293. The number of thioether (sulfide) groups is 1. The summed E-state index contributed by atoms with van der Waals surface area (Å²) in [5, 5.41) is 6.58. The highest BCUT2D eigenvalue weighted by atomic mass is 32.2. The molecule has 0 aromatic heterocycles. The molecule has 0 aliphatic heterocycles. The minimum Gasteiger partial charge on any atom is -0.377 e. The third kappa shape index (κ3) is 4.30. The number of nitrogens with zero attached hydrogens (tertiary/aromatic N) is 1. The topological polar surface area (TPSA) is 93.5 Å². The lowest BCUT2D eigenvalue weighted by molar-refractivity contribution is -0.119. The van der Waals surface area contributed by atoms with Gasteiger partial charge in [0.15, 0.2) is 5.17 Å². The summed E-state index contributed by atoms with van der Waals surface area (Å²) in [5.41, 5.74) is 5.39. The summed E-state index contributed by atoms with van der Waals surface area (Å²) in [4.78, 5) is 11.6. The Labute approximate surface area is 100 Å². The van der Waals surface area contributed by atoms with Crippen LogP contribution in [0.1, 0.15) is 32.6 Å². The minimum absolute atomic E-state index is 0.00958. The van der Waals surface area contributed by atoms with Gasteiger partial charge < -0.3 is 16.9 Å². The Morgan fingerprint density at radius 2 is 2.19 bits per heavy atom. The van der Waals surface area contributed by atoms with Crippen LogP contribution in [0.2, 0.25) is 0 Å². The smallest absolute Gasteiger partial charge is 0.230 e. The van der Waals surface area contributed by atoms with E-state index in [9.17, 15) is 4.79 Å². The van der Waals surface area contributed by atoms with Crippen molar-refractivity contribution in [1.82, 2.24) is 5.32 Å². The van der Waals surface area contributed by atoms with Gasteiger partial charge in [-0.15, -0.1) is 0 Å². The van der Waals surface area contributed by atoms with Crippen molar-refractivity contribution in [2.24, 2.45) is 22.6 Å². The summed E-state index contributed by atoms with van der Waals surface area (Å²) in [6, 6.07) is 0.317. The molecule has 1 rings (SSSR count). The fourth-order valence-corrected chi connectivity index (χ4v) is 2.39. The maximum atomic E-state index is 11.6. The van der Waals surface area contributed by atoms with Crippen LogP contribution in [0, 0.1) is 5.92 Å². The highest BCUT2D eigenvalue weighted by Gasteiger charge is 2.22. The first-order chi connectivity index (χ1) is 7.63. The Balaban J connectivity index is 2.27. The molecule has 1 fully saturated rings. The van der Waals surface area contributed by atoms with E-state index in [1.165, 1.54) is 31.0 Å². The van der Waals surface area contributed by atoms with E-state index in [1.807, 2.05) is 0 Å². The molecule has 5 N–H and O–H groups in total. The van der Waals surface area contributed by atoms with Crippen molar-refractivity contribution in [3.05, 3.63) is 0 Å². The number of amidine groups is 1. The molecule has 0 heterocycles. The molecule has 0 saturated heterocycles. The van der Waals surface area contributed by atoms with Gasteiger partial charge in [-0.25, -0.2) is 0 Å². The van der Waals surface area contributed by atoms with Gasteiger partial charge in [0.2, 0.25) is 5.91 Å². The number of carbonyl (C=O) groups excluding carboxylic acids is 1. The summed E-state index contributed by atoms with van der Waals surface area (Å²) in [6.07, 6.45) is 4.76. The van der Waals surface area contributed by atoms with Crippen molar-refractivity contribution in [2.75, 3.05) is 5.75 Å². The standard InChI is InChI=1S/C10H20N4OS/c1-7-4-2-3-5-8(7)13-9(15)6-16-10(11)14-12/h7-8H,2-6,12H2,1H3,(H2,11,14)(H,13,15). The van der Waals surface area contributed by atoms with Gasteiger partial charge in [0, 0.05) is 6.04 Å². The second-order valence-corrected chi connectivity index (χ2v) is 5.19. The van der Waals surface area contributed by atoms with Crippen LogP contribution in [-0.2, 0) is 4.79 Å². The van der Waals surface area contributed by atoms with Gasteiger partial charge >= 0.3 is 0 Å². The van der Waals surface area contributed by atoms with E-state index in [0.717, 1.165) is 6.42 Å². The first kappa shape index (κ1) is 13.2. The van der Waals surface area contributed by atoms with Crippen LogP contribution in [0.5, 0.6) is 0 Å². The molecule has 0 radical (unpaired) electrons. The van der Waals surface area contributed by atoms with Crippen molar-refractivity contribution >= 4 is 22.8 Å². The SMILES string of the molecule is CC1CCCCC1NC(=O)CSC(N)=NN. The van der Waals surface area contributed by atoms with Crippen molar-refractivity contribution in [3.8, 4) is 0 Å². The minimum atomic E-state index is 0.00958. The Morgan fingerprint density at radius 1 is 1.50 bits per heavy atom. The zero-order chi connectivity index (χ0) is 12.0. The third-order valence-electron chi connectivity index (χ3n) is 2.94. The van der Waals surface area contributed by atoms with Crippen molar-refractivity contribution in [1.29, 1.82) is 0 Å². The van der Waals surface area contributed by atoms with E-state index in [4.69, 9.17) is 11.6 Å². The lowest BCUT2D eigenvalue weighted by Gasteiger charge is -2.29. The first-order valence-corrected chi connectivity index (χ1v) is 6.57. The third-order valence-corrected chi connectivity index (χ3v) is 3.74. The van der Waals surface area contributed by atoms with Gasteiger partial charge in [-0.05, 0) is 18.8 Å². The predicted octanol–water partition coefficient (Wildman–Crippen LogP) is 0.603. The molecule has 0 aromatic rings. The molecule has 6 heteroatoms. The van der Waals surface area contributed by atoms with E-state index in [2.05, 4.69) is 17.3 Å². The van der Waals surface area contributed by atoms with Crippen molar-refractivity contribution < 1.29 is 4.79 Å². The van der Waals surface area contributed by atoms with E-state index < -0.39 is 0 Å². The number of nitrogens with two attached hydrogens (primary N) is 2. The number of nitrogens with one attached hydrogen (secondary N) is 1. The van der Waals surface area contributed by atoms with Crippen LogP contribution in [0.3, 0.4) is 0 Å². The van der Waals surface area contributed by atoms with E-state index in [-0.39, 0.29) is 16.8 Å². The van der Waals surface area contributed by atoms with Gasteiger partial charge in [-0.2, -0.15) is 5.10 Å². The van der Waals surface area contributed by atoms with Gasteiger partial charge in [-0.3, -0.25) is 4.79 Å². The maximum absolute atomic E-state index is 11.6. The van der Waals surface area contributed by atoms with Crippen molar-refractivity contribution in [2.45, 2.75) is 38.6 Å². The Morgan fingerprint density at radius 3 is 2.81 bits per heavy atom. The molecular formula is C10H20N4OS. The second kappa shape index (κ2) is 6.62. The van der Waals surface area contributed by atoms with Crippen LogP contribution in [0.15, 0.2) is 5.10 Å². The molecule has 1 amide bonds. The van der Waals surface area contributed by atoms with Gasteiger partial charge in [-0.1, -0.05) is 31.5 Å². The predicted molar refractivity (Wildman–Crippen MR) is 67.8 cm³/mol. The number of rotatable bonds is 3. The molecule has 0 spiro atoms. The van der Waals surface area contributed by atoms with Gasteiger partial charge in [0.05, 0.1) is 5.75 Å². The number of hydrogen-bond donors (Lipinski definition) is 3. The highest BCUT2D eigenvalue weighted by Crippen LogP contribution is 2.23. The molecule has 5 nitrogen and oxygen atoms in total. The van der Waals surface area contributed by atoms with Crippen LogP contribution in [0.25, 0.3) is 0 Å². The zero-order valence-electron chi connectivity index (χ0n) is 9.61. The molecule has 0 aromatic carbocycles. The van der Waals surface area contributed by atoms with Crippen LogP contribution in [0.4, 0.5) is 0 Å². The monoisotopic (exact) mass is 244 g/mol. The summed E-state index contributed by atoms with van der Waals surface area (Å²) in [6.45, 7) is 2.19. The summed E-state index contributed by atoms with van der Waals surface area (Å²) in [7, 11) is 0. The van der Waals surface area contributed by atoms with Crippen LogP contribution < -0.4 is 16.9 Å². The average Bonchev–Trinajstić information content (AvgIpc) is 2.29.